The van der Waals surface area contributed by atoms with Gasteiger partial charge in [-0.1, -0.05) is 26.1 Å². The number of carboxylic acids is 2. The molecule has 0 radical (unpaired) electrons. The summed E-state index contributed by atoms with van der Waals surface area (Å²) in [6.07, 6.45) is 0.232. The lowest BCUT2D eigenvalue weighted by Crippen LogP contribution is -2.29. The lowest BCUT2D eigenvalue weighted by Gasteiger charge is -2.17. The Balaban J connectivity index is 4.52. The standard InChI is InChI=1S/C15H24N2O6S3/c1-7(13(20)21)3-9(11(16)18)5-25-15(24)26-6-10(12(17)19)4-8(2)14(22)23/h7-10H,3-6H2,1-2H3,(H2,16,18)(H2,17,19)(H,20,21)(H,22,23). The second-order valence-corrected chi connectivity index (χ2v) is 9.26. The molecular formula is C15H24N2O6S3. The van der Waals surface area contributed by atoms with E-state index in [-0.39, 0.29) is 24.3 Å². The van der Waals surface area contributed by atoms with Crippen LogP contribution in [-0.4, -0.2) is 49.0 Å². The fraction of sp³-hybridized carbons (Fsp3) is 0.667. The van der Waals surface area contributed by atoms with Crippen LogP contribution in [0, 0.1) is 23.7 Å². The fourth-order valence-corrected chi connectivity index (χ4v) is 4.39. The van der Waals surface area contributed by atoms with Crippen LogP contribution in [0.3, 0.4) is 0 Å². The zero-order valence-electron chi connectivity index (χ0n) is 14.5. The molecular weight excluding hydrogens is 400 g/mol. The van der Waals surface area contributed by atoms with E-state index in [0.717, 1.165) is 0 Å². The van der Waals surface area contributed by atoms with Gasteiger partial charge in [0.1, 0.15) is 3.53 Å². The first kappa shape index (κ1) is 24.7. The lowest BCUT2D eigenvalue weighted by molar-refractivity contribution is -0.143. The van der Waals surface area contributed by atoms with Crippen molar-refractivity contribution in [2.45, 2.75) is 26.7 Å². The van der Waals surface area contributed by atoms with Crippen LogP contribution in [0.25, 0.3) is 0 Å². The number of thiocarbonyl (C=S) groups is 1. The number of rotatable bonds is 12. The van der Waals surface area contributed by atoms with Crippen LogP contribution in [0.4, 0.5) is 0 Å². The van der Waals surface area contributed by atoms with Gasteiger partial charge in [0.05, 0.1) is 11.8 Å². The van der Waals surface area contributed by atoms with Gasteiger partial charge in [-0.25, -0.2) is 0 Å². The van der Waals surface area contributed by atoms with E-state index in [1.807, 2.05) is 0 Å². The maximum absolute atomic E-state index is 11.5. The third kappa shape index (κ3) is 9.97. The molecule has 0 bridgehead atoms. The summed E-state index contributed by atoms with van der Waals surface area (Å²) in [7, 11) is 0. The van der Waals surface area contributed by atoms with Crippen LogP contribution in [0.2, 0.25) is 0 Å². The van der Waals surface area contributed by atoms with Crippen molar-refractivity contribution in [3.05, 3.63) is 0 Å². The first-order chi connectivity index (χ1) is 12.0. The number of carboxylic acid groups (broad SMARTS) is 2. The molecule has 148 valence electrons. The molecule has 0 aromatic carbocycles. The van der Waals surface area contributed by atoms with Crippen LogP contribution in [0.5, 0.6) is 0 Å². The molecule has 0 aliphatic carbocycles. The summed E-state index contributed by atoms with van der Waals surface area (Å²) >= 11 is 7.54. The van der Waals surface area contributed by atoms with Gasteiger partial charge in [0, 0.05) is 23.3 Å². The van der Waals surface area contributed by atoms with Crippen molar-refractivity contribution in [1.29, 1.82) is 0 Å². The summed E-state index contributed by atoms with van der Waals surface area (Å²) in [5.74, 6) is -5.39. The highest BCUT2D eigenvalue weighted by Crippen LogP contribution is 2.26. The predicted molar refractivity (Wildman–Crippen MR) is 106 cm³/mol. The van der Waals surface area contributed by atoms with Crippen LogP contribution >= 0.6 is 35.7 Å². The van der Waals surface area contributed by atoms with Gasteiger partial charge in [0.2, 0.25) is 11.8 Å². The minimum atomic E-state index is -1.00. The highest BCUT2D eigenvalue weighted by Gasteiger charge is 2.25. The third-order valence-electron chi connectivity index (χ3n) is 3.73. The SMILES string of the molecule is CC(CC(CSC(=S)SCC(CC(C)C(=O)O)C(N)=O)C(N)=O)C(=O)O. The number of hydrogen-bond acceptors (Lipinski definition) is 7. The van der Waals surface area contributed by atoms with Crippen molar-refractivity contribution in [3.8, 4) is 0 Å². The average molecular weight is 425 g/mol. The molecule has 0 fully saturated rings. The molecule has 0 aliphatic rings. The van der Waals surface area contributed by atoms with Crippen LogP contribution < -0.4 is 11.5 Å². The molecule has 8 nitrogen and oxygen atoms in total. The molecule has 26 heavy (non-hydrogen) atoms. The number of aliphatic carboxylic acids is 2. The molecule has 0 aromatic heterocycles. The Kier molecular flexibility index (Phi) is 11.5. The van der Waals surface area contributed by atoms with Gasteiger partial charge in [-0.15, -0.1) is 23.5 Å². The van der Waals surface area contributed by atoms with E-state index in [4.69, 9.17) is 33.9 Å². The van der Waals surface area contributed by atoms with Crippen molar-refractivity contribution in [2.24, 2.45) is 35.1 Å². The zero-order chi connectivity index (χ0) is 20.4. The van der Waals surface area contributed by atoms with Crippen LogP contribution in [0.1, 0.15) is 26.7 Å². The second kappa shape index (κ2) is 12.1. The van der Waals surface area contributed by atoms with Gasteiger partial charge < -0.3 is 21.7 Å². The van der Waals surface area contributed by atoms with Crippen LogP contribution in [-0.2, 0) is 19.2 Å². The summed E-state index contributed by atoms with van der Waals surface area (Å²) in [6.45, 7) is 2.99. The molecule has 2 amide bonds. The minimum Gasteiger partial charge on any atom is -0.481 e. The summed E-state index contributed by atoms with van der Waals surface area (Å²) in [6, 6.07) is 0. The molecule has 0 saturated carbocycles. The summed E-state index contributed by atoms with van der Waals surface area (Å²) in [5, 5.41) is 17.8. The number of thioether (sulfide) groups is 2. The van der Waals surface area contributed by atoms with Gasteiger partial charge in [0.25, 0.3) is 0 Å². The molecule has 11 heteroatoms. The molecule has 0 spiro atoms. The van der Waals surface area contributed by atoms with Gasteiger partial charge in [-0.2, -0.15) is 0 Å². The van der Waals surface area contributed by atoms with Crippen molar-refractivity contribution in [2.75, 3.05) is 11.5 Å². The Morgan fingerprint density at radius 1 is 0.846 bits per heavy atom. The highest BCUT2D eigenvalue weighted by atomic mass is 32.2. The highest BCUT2D eigenvalue weighted by molar-refractivity contribution is 8.47. The molecule has 0 rings (SSSR count). The summed E-state index contributed by atoms with van der Waals surface area (Å²) < 4.78 is 0.452. The predicted octanol–water partition coefficient (Wildman–Crippen LogP) is 1.16. The number of amides is 2. The minimum absolute atomic E-state index is 0.116. The number of carbonyl (C=O) groups excluding carboxylic acids is 2. The largest absolute Gasteiger partial charge is 0.481 e. The normalized spacial score (nSPS) is 15.5. The number of hydrogen-bond donors (Lipinski definition) is 4. The smallest absolute Gasteiger partial charge is 0.306 e. The molecule has 0 saturated heterocycles. The fourth-order valence-electron chi connectivity index (χ4n) is 1.97. The van der Waals surface area contributed by atoms with E-state index >= 15 is 0 Å². The first-order valence-corrected chi connectivity index (χ1v) is 10.2. The lowest BCUT2D eigenvalue weighted by atomic mass is 9.97. The van der Waals surface area contributed by atoms with Gasteiger partial charge >= 0.3 is 11.9 Å². The molecule has 6 N–H and O–H groups in total. The Labute approximate surface area is 165 Å². The van der Waals surface area contributed by atoms with Crippen molar-refractivity contribution < 1.29 is 29.4 Å². The first-order valence-electron chi connectivity index (χ1n) is 7.79. The van der Waals surface area contributed by atoms with Crippen LogP contribution in [0.15, 0.2) is 0 Å². The molecule has 4 atom stereocenters. The monoisotopic (exact) mass is 424 g/mol. The quantitative estimate of drug-likeness (QED) is 0.337. The Morgan fingerprint density at radius 2 is 1.15 bits per heavy atom. The second-order valence-electron chi connectivity index (χ2n) is 6.02. The Hall–Kier alpha value is -1.33. The average Bonchev–Trinajstić information content (AvgIpc) is 2.53. The topological polar surface area (TPSA) is 161 Å². The van der Waals surface area contributed by atoms with Crippen molar-refractivity contribution in [1.82, 2.24) is 0 Å². The molecule has 4 unspecified atom stereocenters. The van der Waals surface area contributed by atoms with E-state index in [0.29, 0.717) is 3.53 Å². The molecule has 0 aromatic rings. The van der Waals surface area contributed by atoms with E-state index in [1.54, 1.807) is 0 Å². The number of nitrogens with two attached hydrogens (primary N) is 2. The Morgan fingerprint density at radius 3 is 1.38 bits per heavy atom. The molecule has 0 heterocycles. The van der Waals surface area contributed by atoms with E-state index in [9.17, 15) is 19.2 Å². The van der Waals surface area contributed by atoms with Crippen molar-refractivity contribution >= 4 is 63.0 Å². The zero-order valence-corrected chi connectivity index (χ0v) is 17.0. The Bertz CT molecular complexity index is 511. The van der Waals surface area contributed by atoms with Gasteiger partial charge in [-0.05, 0) is 12.8 Å². The number of primary amides is 2. The maximum Gasteiger partial charge on any atom is 0.306 e. The third-order valence-corrected chi connectivity index (χ3v) is 6.75. The van der Waals surface area contributed by atoms with Crippen molar-refractivity contribution in [3.63, 3.8) is 0 Å². The van der Waals surface area contributed by atoms with E-state index in [2.05, 4.69) is 0 Å². The van der Waals surface area contributed by atoms with E-state index < -0.39 is 47.4 Å². The summed E-state index contributed by atoms with van der Waals surface area (Å²) in [4.78, 5) is 44.7. The van der Waals surface area contributed by atoms with Gasteiger partial charge in [0.15, 0.2) is 0 Å². The maximum atomic E-state index is 11.5. The van der Waals surface area contributed by atoms with Gasteiger partial charge in [-0.3, -0.25) is 19.2 Å². The number of carbonyl (C=O) groups is 4. The summed E-state index contributed by atoms with van der Waals surface area (Å²) in [5.41, 5.74) is 10.6. The van der Waals surface area contributed by atoms with E-state index in [1.165, 1.54) is 37.4 Å². The molecule has 0 aliphatic heterocycles.